The number of benzene rings is 2. The van der Waals surface area contributed by atoms with Crippen LogP contribution in [0.3, 0.4) is 0 Å². The first-order chi connectivity index (χ1) is 11.9. The summed E-state index contributed by atoms with van der Waals surface area (Å²) < 4.78 is 27.7. The normalized spacial score (nSPS) is 12.3. The van der Waals surface area contributed by atoms with Gasteiger partial charge in [-0.1, -0.05) is 23.9 Å². The van der Waals surface area contributed by atoms with Crippen LogP contribution in [0.2, 0.25) is 0 Å². The van der Waals surface area contributed by atoms with Gasteiger partial charge in [0.2, 0.25) is 0 Å². The molecule has 7 heteroatoms. The van der Waals surface area contributed by atoms with Crippen molar-refractivity contribution in [2.75, 3.05) is 0 Å². The maximum atomic E-state index is 13.3. The summed E-state index contributed by atoms with van der Waals surface area (Å²) >= 11 is 1.10. The van der Waals surface area contributed by atoms with E-state index in [1.54, 1.807) is 38.2 Å². The standard InChI is InChI=1S/C18H14F2N2O2S/c1-10(16(23)11-7-8-13(19)14(20)9-11)25-18-21-15-6-4-3-5-12(15)17(24)22(18)2/h3-10H,1-2H3. The average Bonchev–Trinajstić information content (AvgIpc) is 2.61. The van der Waals surface area contributed by atoms with Crippen molar-refractivity contribution in [1.82, 2.24) is 9.55 Å². The van der Waals surface area contributed by atoms with Crippen LogP contribution in [0.5, 0.6) is 0 Å². The molecule has 2 aromatic carbocycles. The third-order valence-corrected chi connectivity index (χ3v) is 4.94. The molecule has 0 aliphatic carbocycles. The van der Waals surface area contributed by atoms with Gasteiger partial charge in [0.05, 0.1) is 16.2 Å². The molecule has 1 atom stereocenters. The van der Waals surface area contributed by atoms with E-state index in [4.69, 9.17) is 0 Å². The molecule has 1 unspecified atom stereocenters. The first kappa shape index (κ1) is 17.3. The van der Waals surface area contributed by atoms with Crippen LogP contribution in [-0.4, -0.2) is 20.6 Å². The summed E-state index contributed by atoms with van der Waals surface area (Å²) in [5.41, 5.74) is 0.408. The van der Waals surface area contributed by atoms with Crippen molar-refractivity contribution in [2.45, 2.75) is 17.3 Å². The quantitative estimate of drug-likeness (QED) is 0.405. The fourth-order valence-corrected chi connectivity index (χ4v) is 3.35. The Morgan fingerprint density at radius 2 is 1.88 bits per heavy atom. The molecule has 0 N–H and O–H groups in total. The number of para-hydroxylation sites is 1. The number of halogens is 2. The third-order valence-electron chi connectivity index (χ3n) is 3.80. The van der Waals surface area contributed by atoms with Crippen LogP contribution in [0.4, 0.5) is 8.78 Å². The second-order valence-corrected chi connectivity index (χ2v) is 6.84. The van der Waals surface area contributed by atoms with Gasteiger partial charge in [-0.05, 0) is 37.3 Å². The fourth-order valence-electron chi connectivity index (χ4n) is 2.40. The predicted molar refractivity (Wildman–Crippen MR) is 93.0 cm³/mol. The van der Waals surface area contributed by atoms with E-state index in [2.05, 4.69) is 4.98 Å². The molecule has 0 radical (unpaired) electrons. The lowest BCUT2D eigenvalue weighted by Gasteiger charge is -2.13. The molecular weight excluding hydrogens is 346 g/mol. The van der Waals surface area contributed by atoms with Crippen LogP contribution in [0, 0.1) is 11.6 Å². The highest BCUT2D eigenvalue weighted by atomic mass is 32.2. The number of fused-ring (bicyclic) bond motifs is 1. The minimum Gasteiger partial charge on any atom is -0.293 e. The Hall–Kier alpha value is -2.54. The van der Waals surface area contributed by atoms with Gasteiger partial charge in [0.25, 0.3) is 5.56 Å². The number of rotatable bonds is 4. The molecule has 0 saturated heterocycles. The van der Waals surface area contributed by atoms with Gasteiger partial charge in [0.15, 0.2) is 22.6 Å². The van der Waals surface area contributed by atoms with Gasteiger partial charge in [0, 0.05) is 12.6 Å². The Bertz CT molecular complexity index is 1030. The molecule has 0 spiro atoms. The van der Waals surface area contributed by atoms with E-state index >= 15 is 0 Å². The number of nitrogens with zero attached hydrogens (tertiary/aromatic N) is 2. The van der Waals surface area contributed by atoms with Gasteiger partial charge in [-0.3, -0.25) is 14.2 Å². The molecule has 1 aromatic heterocycles. The summed E-state index contributed by atoms with van der Waals surface area (Å²) in [6.07, 6.45) is 0. The number of hydrogen-bond donors (Lipinski definition) is 0. The van der Waals surface area contributed by atoms with Gasteiger partial charge < -0.3 is 0 Å². The Morgan fingerprint density at radius 1 is 1.16 bits per heavy atom. The summed E-state index contributed by atoms with van der Waals surface area (Å²) in [6, 6.07) is 9.99. The van der Waals surface area contributed by atoms with Crippen molar-refractivity contribution < 1.29 is 13.6 Å². The number of Topliss-reactive ketones (excluding diaryl/α,β-unsaturated/α-hetero) is 1. The van der Waals surface area contributed by atoms with Crippen molar-refractivity contribution in [3.63, 3.8) is 0 Å². The minimum absolute atomic E-state index is 0.0738. The van der Waals surface area contributed by atoms with Crippen molar-refractivity contribution in [2.24, 2.45) is 7.05 Å². The van der Waals surface area contributed by atoms with Crippen LogP contribution < -0.4 is 5.56 Å². The molecule has 0 bridgehead atoms. The molecule has 0 aliphatic rings. The Morgan fingerprint density at radius 3 is 2.60 bits per heavy atom. The summed E-state index contributed by atoms with van der Waals surface area (Å²) in [5.74, 6) is -2.44. The lowest BCUT2D eigenvalue weighted by molar-refractivity contribution is 0.0993. The molecule has 128 valence electrons. The summed E-state index contributed by atoms with van der Waals surface area (Å²) in [5, 5.41) is 0.255. The molecule has 0 saturated carbocycles. The Labute approximate surface area is 146 Å². The second kappa shape index (κ2) is 6.76. The largest absolute Gasteiger partial charge is 0.293 e. The van der Waals surface area contributed by atoms with E-state index < -0.39 is 16.9 Å². The van der Waals surface area contributed by atoms with Crippen LogP contribution in [0.25, 0.3) is 10.9 Å². The molecule has 0 aliphatic heterocycles. The zero-order chi connectivity index (χ0) is 18.1. The number of carbonyl (C=O) groups is 1. The number of thioether (sulfide) groups is 1. The highest BCUT2D eigenvalue weighted by molar-refractivity contribution is 8.00. The lowest BCUT2D eigenvalue weighted by atomic mass is 10.1. The first-order valence-electron chi connectivity index (χ1n) is 7.50. The van der Waals surface area contributed by atoms with Gasteiger partial charge in [-0.2, -0.15) is 0 Å². The average molecular weight is 360 g/mol. The lowest BCUT2D eigenvalue weighted by Crippen LogP contribution is -2.22. The topological polar surface area (TPSA) is 52.0 Å². The smallest absolute Gasteiger partial charge is 0.261 e. The maximum absolute atomic E-state index is 13.3. The Balaban J connectivity index is 1.92. The van der Waals surface area contributed by atoms with E-state index in [1.807, 2.05) is 0 Å². The highest BCUT2D eigenvalue weighted by Gasteiger charge is 2.20. The monoisotopic (exact) mass is 360 g/mol. The molecule has 1 heterocycles. The fraction of sp³-hybridized carbons (Fsp3) is 0.167. The summed E-state index contributed by atoms with van der Waals surface area (Å²) in [6.45, 7) is 1.63. The van der Waals surface area contributed by atoms with Crippen LogP contribution in [0.1, 0.15) is 17.3 Å². The van der Waals surface area contributed by atoms with Gasteiger partial charge in [0.1, 0.15) is 0 Å². The number of hydrogen-bond acceptors (Lipinski definition) is 4. The molecule has 3 aromatic rings. The van der Waals surface area contributed by atoms with Crippen molar-refractivity contribution >= 4 is 28.4 Å². The molecule has 0 fully saturated rings. The predicted octanol–water partition coefficient (Wildman–Crippen LogP) is 3.58. The van der Waals surface area contributed by atoms with E-state index in [-0.39, 0.29) is 16.9 Å². The van der Waals surface area contributed by atoms with Gasteiger partial charge in [-0.15, -0.1) is 0 Å². The number of ketones is 1. The highest BCUT2D eigenvalue weighted by Crippen LogP contribution is 2.25. The summed E-state index contributed by atoms with van der Waals surface area (Å²) in [4.78, 5) is 29.3. The van der Waals surface area contributed by atoms with E-state index in [0.717, 1.165) is 23.9 Å². The Kier molecular flexibility index (Phi) is 4.67. The van der Waals surface area contributed by atoms with Gasteiger partial charge >= 0.3 is 0 Å². The summed E-state index contributed by atoms with van der Waals surface area (Å²) in [7, 11) is 1.58. The zero-order valence-electron chi connectivity index (χ0n) is 13.5. The molecule has 0 amide bonds. The minimum atomic E-state index is -1.07. The van der Waals surface area contributed by atoms with Crippen molar-refractivity contribution in [3.8, 4) is 0 Å². The molecule has 25 heavy (non-hydrogen) atoms. The number of aromatic nitrogens is 2. The van der Waals surface area contributed by atoms with Crippen LogP contribution in [0.15, 0.2) is 52.4 Å². The third kappa shape index (κ3) is 3.32. The van der Waals surface area contributed by atoms with Crippen LogP contribution >= 0.6 is 11.8 Å². The molecule has 3 rings (SSSR count). The second-order valence-electron chi connectivity index (χ2n) is 5.53. The zero-order valence-corrected chi connectivity index (χ0v) is 14.3. The van der Waals surface area contributed by atoms with Crippen molar-refractivity contribution in [3.05, 3.63) is 70.0 Å². The van der Waals surface area contributed by atoms with Crippen LogP contribution in [-0.2, 0) is 7.05 Å². The molecule has 4 nitrogen and oxygen atoms in total. The van der Waals surface area contributed by atoms with E-state index in [9.17, 15) is 18.4 Å². The van der Waals surface area contributed by atoms with E-state index in [0.29, 0.717) is 16.1 Å². The van der Waals surface area contributed by atoms with E-state index in [1.165, 1.54) is 10.6 Å². The number of carbonyl (C=O) groups excluding carboxylic acids is 1. The molecular formula is C18H14F2N2O2S. The van der Waals surface area contributed by atoms with Crippen molar-refractivity contribution in [1.29, 1.82) is 0 Å². The maximum Gasteiger partial charge on any atom is 0.261 e. The van der Waals surface area contributed by atoms with Gasteiger partial charge in [-0.25, -0.2) is 13.8 Å². The SMILES string of the molecule is CC(Sc1nc2ccccc2c(=O)n1C)C(=O)c1ccc(F)c(F)c1. The first-order valence-corrected chi connectivity index (χ1v) is 8.38.